The maximum Gasteiger partial charge on any atom is 0.344 e. The van der Waals surface area contributed by atoms with E-state index in [9.17, 15) is 57.5 Å². The van der Waals surface area contributed by atoms with Gasteiger partial charge in [0.2, 0.25) is 4.29 Å². The molecule has 0 aromatic rings. The Morgan fingerprint density at radius 1 is 0.267 bits per heavy atom. The summed E-state index contributed by atoms with van der Waals surface area (Å²) in [5.41, 5.74) is -8.11. The Bertz CT molecular complexity index is 2970. The first kappa shape index (κ1) is 116. The lowest BCUT2D eigenvalue weighted by Crippen LogP contribution is -2.86. The van der Waals surface area contributed by atoms with Crippen molar-refractivity contribution in [1.29, 1.82) is 0 Å². The summed E-state index contributed by atoms with van der Waals surface area (Å²) in [5.74, 6) is -6.26. The predicted molar refractivity (Wildman–Crippen MR) is 496 cm³/mol. The SMILES string of the molecule is CC(COC(=O)C(Br)(Br)Br)(COC(=O)C(Br)(Br)Br)C(=O)OC(C)(C)C1CC[NH2+]CC1.CC(COC(=O)C(Br)Br)(COC(=O)C(Br)Br)C(=O)OC(C)(C)C1CC[NH2+]CC1.CCC(COC(=O)C(Br)Br)(COC(=O)C(Br)Br)C(=O)OC(C)(C)C1CC[NH2+]CC1.CCC(COC(=O)C(Br)Br)(COC(=O)C(Br)Br)C(=O)OC(C)(C)C1CC[NH2+]CC1. The summed E-state index contributed by atoms with van der Waals surface area (Å²) in [7, 11) is 0. The summed E-state index contributed by atoms with van der Waals surface area (Å²) in [4.78, 5) is 148. The molecule has 0 amide bonds. The number of quaternary nitrogens is 4. The van der Waals surface area contributed by atoms with E-state index in [1.54, 1.807) is 20.8 Å². The highest BCUT2D eigenvalue weighted by Crippen LogP contribution is 2.41. The van der Waals surface area contributed by atoms with E-state index < -0.39 is 142 Å². The maximum atomic E-state index is 13.3. The molecule has 0 aliphatic carbocycles. The average Bonchev–Trinajstić information content (AvgIpc) is 0.818. The number of piperidine rings is 4. The van der Waals surface area contributed by atoms with Crippen LogP contribution in [0, 0.1) is 45.3 Å². The van der Waals surface area contributed by atoms with Crippen LogP contribution in [0.4, 0.5) is 0 Å². The van der Waals surface area contributed by atoms with Gasteiger partial charge in [-0.25, -0.2) is 38.4 Å². The first-order valence-electron chi connectivity index (χ1n) is 36.6. The third-order valence-corrected chi connectivity index (χ3v) is 26.3. The average molecular weight is 2830 g/mol. The Morgan fingerprint density at radius 3 is 0.595 bits per heavy atom. The molecule has 116 heavy (non-hydrogen) atoms. The van der Waals surface area contributed by atoms with Crippen LogP contribution in [-0.4, -0.2) is 226 Å². The highest BCUT2D eigenvalue weighted by molar-refractivity contribution is 9.40. The third kappa shape index (κ3) is 41.7. The zero-order valence-electron chi connectivity index (χ0n) is 66.1. The molecule has 28 nitrogen and oxygen atoms in total. The second kappa shape index (κ2) is 54.6. The Hall–Kier alpha value is 2.12. The highest BCUT2D eigenvalue weighted by atomic mass is 80.0. The van der Waals surface area contributed by atoms with E-state index in [1.807, 2.05) is 55.4 Å². The molecule has 8 N–H and O–H groups in total. The van der Waals surface area contributed by atoms with Crippen molar-refractivity contribution in [3.63, 3.8) is 0 Å². The van der Waals surface area contributed by atoms with Crippen LogP contribution in [0.3, 0.4) is 0 Å². The van der Waals surface area contributed by atoms with Gasteiger partial charge in [0.25, 0.3) is 0 Å². The van der Waals surface area contributed by atoms with Gasteiger partial charge in [-0.1, -0.05) is 205 Å². The Kier molecular flexibility index (Phi) is 54.6. The van der Waals surface area contributed by atoms with Crippen molar-refractivity contribution in [2.45, 2.75) is 196 Å². The van der Waals surface area contributed by atoms with E-state index in [1.165, 1.54) is 6.92 Å². The highest BCUT2D eigenvalue weighted by Gasteiger charge is 2.51. The number of nitrogens with two attached hydrogens (primary N) is 4. The van der Waals surface area contributed by atoms with Crippen LogP contribution in [0.5, 0.6) is 0 Å². The van der Waals surface area contributed by atoms with Gasteiger partial charge >= 0.3 is 71.6 Å². The Labute approximate surface area is 830 Å². The van der Waals surface area contributed by atoms with E-state index in [0.717, 1.165) is 104 Å². The monoisotopic (exact) mass is 2810 g/mol. The van der Waals surface area contributed by atoms with Crippen molar-refractivity contribution in [3.8, 4) is 0 Å². The van der Waals surface area contributed by atoms with Crippen LogP contribution in [-0.2, 0) is 114 Å². The molecule has 0 atom stereocenters. The molecule has 0 radical (unpaired) electrons. The van der Waals surface area contributed by atoms with Crippen molar-refractivity contribution >= 4 is 358 Å². The lowest BCUT2D eigenvalue weighted by Gasteiger charge is -2.39. The molecular formula is C70H106Br18N4O24+4. The van der Waals surface area contributed by atoms with Gasteiger partial charge in [-0.2, -0.15) is 0 Å². The smallest absolute Gasteiger partial charge is 0.344 e. The zero-order chi connectivity index (χ0) is 89.4. The molecule has 4 aliphatic heterocycles. The minimum absolute atomic E-state index is 0.210. The topological polar surface area (TPSA) is 382 Å². The van der Waals surface area contributed by atoms with E-state index in [2.05, 4.69) is 308 Å². The van der Waals surface area contributed by atoms with Gasteiger partial charge in [0.1, 0.15) is 96.9 Å². The number of hydrogen-bond donors (Lipinski definition) is 4. The summed E-state index contributed by atoms with van der Waals surface area (Å²) >= 11 is 55.2. The molecular weight excluding hydrogens is 2720 g/mol. The zero-order valence-corrected chi connectivity index (χ0v) is 94.6. The molecule has 672 valence electrons. The maximum absolute atomic E-state index is 13.3. The molecule has 4 heterocycles. The fourth-order valence-corrected chi connectivity index (χ4v) is 14.1. The molecule has 4 aliphatic rings. The minimum atomic E-state index is -1.42. The van der Waals surface area contributed by atoms with Crippen LogP contribution in [0.2, 0.25) is 0 Å². The number of ether oxygens (including phenoxy) is 12. The van der Waals surface area contributed by atoms with Crippen LogP contribution >= 0.6 is 287 Å². The second-order valence-corrected chi connectivity index (χ2v) is 62.4. The molecule has 4 rings (SSSR count). The molecule has 0 aromatic heterocycles. The first-order valence-corrected chi connectivity index (χ1v) is 52.4. The lowest BCUT2D eigenvalue weighted by atomic mass is 9.82. The van der Waals surface area contributed by atoms with Crippen LogP contribution in [0.25, 0.3) is 0 Å². The van der Waals surface area contributed by atoms with E-state index in [0.29, 0.717) is 0 Å². The summed E-state index contributed by atoms with van der Waals surface area (Å²) in [6, 6.07) is 0. The fraction of sp³-hybridized carbons (Fsp3) is 0.829. The first-order chi connectivity index (χ1) is 53.3. The number of hydrogen-bond acceptors (Lipinski definition) is 24. The number of halogens is 18. The van der Waals surface area contributed by atoms with Crippen LogP contribution in [0.1, 0.15) is 147 Å². The summed E-state index contributed by atoms with van der Waals surface area (Å²) in [5, 5.41) is 8.97. The molecule has 46 heteroatoms. The van der Waals surface area contributed by atoms with Crippen LogP contribution < -0.4 is 21.3 Å². The summed E-state index contributed by atoms with van der Waals surface area (Å²) in [6.07, 6.45) is 8.10. The van der Waals surface area contributed by atoms with Crippen molar-refractivity contribution in [1.82, 2.24) is 0 Å². The number of carbonyl (C=O) groups excluding carboxylic acids is 12. The standard InChI is InChI=1S/2C18H27Br4NO6.C17H23Br6NO6.C17H25Br4NO6/c2*1-4-18(9-27-14(24)12(19)20,10-28-15(25)13(21)22)16(26)29-17(2,3)11-5-7-23-8-6-11;1-14(2,10-4-6-24-7-5-10)30-11(25)15(3,8-28-12(26)16(18,19)20)9-29-13(27)17(21,22)23;1-16(2,10-4-6-22-7-5-10)28-15(25)17(3,8-26-13(23)11(18)19)9-27-14(24)12(20)21/h2*11-13,23H,4-10H2,1-3H3;10,24H,4-9H2,1-3H3;10-12,22H,4-9H2,1-3H3/p+4. The Morgan fingerprint density at radius 2 is 0.431 bits per heavy atom. The van der Waals surface area contributed by atoms with Gasteiger partial charge in [-0.15, -0.1) is 0 Å². The molecule has 4 fully saturated rings. The largest absolute Gasteiger partial charge is 0.463 e. The molecule has 0 bridgehead atoms. The molecule has 0 unspecified atom stereocenters. The van der Waals surface area contributed by atoms with Crippen molar-refractivity contribution in [3.05, 3.63) is 0 Å². The number of esters is 12. The minimum Gasteiger partial charge on any atom is -0.463 e. The molecule has 0 saturated carbocycles. The van der Waals surface area contributed by atoms with E-state index in [-0.39, 0.29) is 89.4 Å². The van der Waals surface area contributed by atoms with Gasteiger partial charge in [-0.3, -0.25) is 19.2 Å². The van der Waals surface area contributed by atoms with Crippen molar-refractivity contribution in [2.24, 2.45) is 45.3 Å². The van der Waals surface area contributed by atoms with Gasteiger partial charge in [0, 0.05) is 75.0 Å². The summed E-state index contributed by atoms with van der Waals surface area (Å²) < 4.78 is 58.8. The number of carbonyl (C=O) groups is 12. The van der Waals surface area contributed by atoms with Gasteiger partial charge in [-0.05, 0) is 178 Å². The van der Waals surface area contributed by atoms with E-state index in [4.69, 9.17) is 56.8 Å². The van der Waals surface area contributed by atoms with Gasteiger partial charge < -0.3 is 78.1 Å². The number of rotatable bonds is 36. The van der Waals surface area contributed by atoms with Crippen molar-refractivity contribution in [2.75, 3.05) is 105 Å². The normalized spacial score (nSPS) is 16.2. The van der Waals surface area contributed by atoms with Crippen molar-refractivity contribution < 1.29 is 136 Å². The molecule has 0 aromatic carbocycles. The molecule has 4 saturated heterocycles. The molecule has 0 spiro atoms. The van der Waals surface area contributed by atoms with Gasteiger partial charge in [0.15, 0.2) is 22.4 Å². The van der Waals surface area contributed by atoms with Gasteiger partial charge in [0.05, 0.1) is 52.4 Å². The third-order valence-electron chi connectivity index (χ3n) is 19.9. The quantitative estimate of drug-likeness (QED) is 0.0257. The lowest BCUT2D eigenvalue weighted by molar-refractivity contribution is -0.666. The fourth-order valence-electron chi connectivity index (χ4n) is 11.9. The Balaban J connectivity index is 0.000000774. The number of alkyl halides is 18. The predicted octanol–water partition coefficient (Wildman–Crippen LogP) is 12.6. The van der Waals surface area contributed by atoms with E-state index >= 15 is 0 Å². The van der Waals surface area contributed by atoms with Crippen LogP contribution in [0.15, 0.2) is 0 Å². The summed E-state index contributed by atoms with van der Waals surface area (Å²) in [6.45, 7) is 27.4. The second-order valence-electron chi connectivity index (χ2n) is 30.5.